The molecule has 24 heavy (non-hydrogen) atoms. The van der Waals surface area contributed by atoms with Crippen LogP contribution in [-0.2, 0) is 4.79 Å². The Labute approximate surface area is 160 Å². The lowest BCUT2D eigenvalue weighted by Gasteiger charge is -2.12. The summed E-state index contributed by atoms with van der Waals surface area (Å²) in [5.41, 5.74) is 2.81. The highest BCUT2D eigenvalue weighted by Gasteiger charge is 2.14. The first kappa shape index (κ1) is 18.8. The van der Waals surface area contributed by atoms with Gasteiger partial charge in [0.05, 0.1) is 10.7 Å². The van der Waals surface area contributed by atoms with Gasteiger partial charge in [0.25, 0.3) is 5.91 Å². The quantitative estimate of drug-likeness (QED) is 0.494. The van der Waals surface area contributed by atoms with Crippen LogP contribution in [0.15, 0.2) is 50.4 Å². The van der Waals surface area contributed by atoms with Gasteiger partial charge in [0.1, 0.15) is 11.5 Å². The van der Waals surface area contributed by atoms with Gasteiger partial charge in [0, 0.05) is 15.1 Å². The van der Waals surface area contributed by atoms with Gasteiger partial charge in [-0.2, -0.15) is 5.10 Å². The van der Waals surface area contributed by atoms with Crippen LogP contribution in [0.2, 0.25) is 5.02 Å². The van der Waals surface area contributed by atoms with Crippen LogP contribution < -0.4 is 10.2 Å². The Balaban J connectivity index is 1.96. The number of hydrogen-bond donors (Lipinski definition) is 2. The van der Waals surface area contributed by atoms with Crippen molar-refractivity contribution in [2.75, 3.05) is 0 Å². The van der Waals surface area contributed by atoms with E-state index in [1.165, 1.54) is 6.21 Å². The number of ether oxygens (including phenoxy) is 1. The number of phenols is 1. The highest BCUT2D eigenvalue weighted by molar-refractivity contribution is 9.11. The summed E-state index contributed by atoms with van der Waals surface area (Å²) in [5, 5.41) is 14.3. The molecule has 2 aromatic carbocycles. The number of amides is 1. The lowest BCUT2D eigenvalue weighted by atomic mass is 10.2. The average Bonchev–Trinajstić information content (AvgIpc) is 2.53. The normalized spacial score (nSPS) is 12.2. The molecule has 0 aliphatic rings. The van der Waals surface area contributed by atoms with Crippen molar-refractivity contribution >= 4 is 55.6 Å². The Morgan fingerprint density at radius 1 is 1.33 bits per heavy atom. The van der Waals surface area contributed by atoms with E-state index in [1.54, 1.807) is 43.3 Å². The smallest absolute Gasteiger partial charge is 0.280 e. The van der Waals surface area contributed by atoms with Gasteiger partial charge < -0.3 is 9.84 Å². The fourth-order valence-corrected chi connectivity index (χ4v) is 3.10. The zero-order valence-corrected chi connectivity index (χ0v) is 16.4. The Morgan fingerprint density at radius 2 is 2.00 bits per heavy atom. The summed E-state index contributed by atoms with van der Waals surface area (Å²) in [5.74, 6) is 0.135. The zero-order chi connectivity index (χ0) is 17.7. The van der Waals surface area contributed by atoms with Gasteiger partial charge in [-0.05, 0) is 59.3 Å². The molecular weight excluding hydrogens is 463 g/mol. The van der Waals surface area contributed by atoms with Crippen molar-refractivity contribution in [3.63, 3.8) is 0 Å². The Hall–Kier alpha value is -1.57. The van der Waals surface area contributed by atoms with Crippen LogP contribution in [-0.4, -0.2) is 23.3 Å². The summed E-state index contributed by atoms with van der Waals surface area (Å²) in [6, 6.07) is 10.1. The van der Waals surface area contributed by atoms with E-state index in [9.17, 15) is 9.90 Å². The molecule has 0 fully saturated rings. The van der Waals surface area contributed by atoms with Crippen LogP contribution in [0.3, 0.4) is 0 Å². The van der Waals surface area contributed by atoms with Gasteiger partial charge in [0.2, 0.25) is 0 Å². The molecule has 5 nitrogen and oxygen atoms in total. The Bertz CT molecular complexity index is 767. The maximum absolute atomic E-state index is 12.0. The second kappa shape index (κ2) is 8.50. The van der Waals surface area contributed by atoms with Crippen LogP contribution in [0.1, 0.15) is 12.5 Å². The number of carbonyl (C=O) groups is 1. The zero-order valence-electron chi connectivity index (χ0n) is 12.5. The van der Waals surface area contributed by atoms with Crippen LogP contribution in [0.25, 0.3) is 0 Å². The minimum absolute atomic E-state index is 0.0293. The van der Waals surface area contributed by atoms with E-state index < -0.39 is 12.0 Å². The van der Waals surface area contributed by atoms with Gasteiger partial charge in [0.15, 0.2) is 6.10 Å². The second-order valence-corrected chi connectivity index (χ2v) is 6.98. The largest absolute Gasteiger partial charge is 0.506 e. The summed E-state index contributed by atoms with van der Waals surface area (Å²) in [7, 11) is 0. The molecule has 1 amide bonds. The average molecular weight is 477 g/mol. The number of carbonyl (C=O) groups excluding carboxylic acids is 1. The van der Waals surface area contributed by atoms with Crippen LogP contribution in [0.5, 0.6) is 11.5 Å². The standard InChI is InChI=1S/C16H13Br2ClN2O3/c1-9(24-13-4-2-12(19)3-5-13)16(23)21-20-8-10-6-11(17)7-14(18)15(10)22/h2-9,22H,1H3,(H,21,23). The van der Waals surface area contributed by atoms with E-state index in [4.69, 9.17) is 16.3 Å². The first-order chi connectivity index (χ1) is 11.4. The van der Waals surface area contributed by atoms with Crippen molar-refractivity contribution in [1.82, 2.24) is 5.43 Å². The highest BCUT2D eigenvalue weighted by atomic mass is 79.9. The van der Waals surface area contributed by atoms with Crippen molar-refractivity contribution in [2.24, 2.45) is 5.10 Å². The van der Waals surface area contributed by atoms with E-state index in [2.05, 4.69) is 42.4 Å². The van der Waals surface area contributed by atoms with E-state index in [1.807, 2.05) is 0 Å². The highest BCUT2D eigenvalue weighted by Crippen LogP contribution is 2.30. The summed E-state index contributed by atoms with van der Waals surface area (Å²) in [6.45, 7) is 1.60. The molecule has 0 aromatic heterocycles. The van der Waals surface area contributed by atoms with E-state index in [0.717, 1.165) is 4.47 Å². The first-order valence-corrected chi connectivity index (χ1v) is 8.76. The van der Waals surface area contributed by atoms with Gasteiger partial charge in [-0.1, -0.05) is 27.5 Å². The van der Waals surface area contributed by atoms with Crippen LogP contribution >= 0.6 is 43.5 Å². The molecule has 126 valence electrons. The summed E-state index contributed by atoms with van der Waals surface area (Å²) < 4.78 is 6.77. The third-order valence-electron chi connectivity index (χ3n) is 2.93. The third-order valence-corrected chi connectivity index (χ3v) is 4.25. The predicted octanol–water partition coefficient (Wildman–Crippen LogP) is 4.49. The number of aromatic hydroxyl groups is 1. The molecule has 1 unspecified atom stereocenters. The summed E-state index contributed by atoms with van der Waals surface area (Å²) >= 11 is 12.3. The summed E-state index contributed by atoms with van der Waals surface area (Å²) in [4.78, 5) is 12.0. The molecule has 2 aromatic rings. The minimum atomic E-state index is -0.744. The van der Waals surface area contributed by atoms with Gasteiger partial charge in [-0.15, -0.1) is 0 Å². The van der Waals surface area contributed by atoms with Crippen molar-refractivity contribution in [2.45, 2.75) is 13.0 Å². The number of nitrogens with zero attached hydrogens (tertiary/aromatic N) is 1. The number of halogens is 3. The number of nitrogens with one attached hydrogen (secondary N) is 1. The van der Waals surface area contributed by atoms with E-state index >= 15 is 0 Å². The topological polar surface area (TPSA) is 70.9 Å². The Morgan fingerprint density at radius 3 is 2.67 bits per heavy atom. The van der Waals surface area contributed by atoms with Crippen LogP contribution in [0, 0.1) is 0 Å². The first-order valence-electron chi connectivity index (χ1n) is 6.80. The fourth-order valence-electron chi connectivity index (χ4n) is 1.71. The van der Waals surface area contributed by atoms with Crippen LogP contribution in [0.4, 0.5) is 0 Å². The molecule has 0 bridgehead atoms. The van der Waals surface area contributed by atoms with E-state index in [-0.39, 0.29) is 5.75 Å². The molecule has 2 N–H and O–H groups in total. The van der Waals surface area contributed by atoms with E-state index in [0.29, 0.717) is 20.8 Å². The van der Waals surface area contributed by atoms with Gasteiger partial charge in [-0.25, -0.2) is 5.43 Å². The van der Waals surface area contributed by atoms with Crippen molar-refractivity contribution in [3.8, 4) is 11.5 Å². The maximum atomic E-state index is 12.0. The number of benzene rings is 2. The molecular formula is C16H13Br2ClN2O3. The number of rotatable bonds is 5. The van der Waals surface area contributed by atoms with Crippen molar-refractivity contribution < 1.29 is 14.6 Å². The minimum Gasteiger partial charge on any atom is -0.506 e. The molecule has 0 saturated carbocycles. The second-order valence-electron chi connectivity index (χ2n) is 4.77. The third kappa shape index (κ3) is 5.22. The molecule has 8 heteroatoms. The molecule has 0 aliphatic heterocycles. The Kier molecular flexibility index (Phi) is 6.65. The molecule has 0 heterocycles. The van der Waals surface area contributed by atoms with Crippen molar-refractivity contribution in [3.05, 3.63) is 55.9 Å². The lowest BCUT2D eigenvalue weighted by molar-refractivity contribution is -0.127. The predicted molar refractivity (Wildman–Crippen MR) is 101 cm³/mol. The van der Waals surface area contributed by atoms with Crippen molar-refractivity contribution in [1.29, 1.82) is 0 Å². The fraction of sp³-hybridized carbons (Fsp3) is 0.125. The summed E-state index contributed by atoms with van der Waals surface area (Å²) in [6.07, 6.45) is 0.601. The van der Waals surface area contributed by atoms with Gasteiger partial charge in [-0.3, -0.25) is 4.79 Å². The molecule has 2 rings (SSSR count). The maximum Gasteiger partial charge on any atom is 0.280 e. The molecule has 1 atom stereocenters. The number of hydrogen-bond acceptors (Lipinski definition) is 4. The molecule has 0 radical (unpaired) electrons. The van der Waals surface area contributed by atoms with Gasteiger partial charge >= 0.3 is 0 Å². The number of hydrazone groups is 1. The SMILES string of the molecule is CC(Oc1ccc(Cl)cc1)C(=O)NN=Cc1cc(Br)cc(Br)c1O. The lowest BCUT2D eigenvalue weighted by Crippen LogP contribution is -2.33. The molecule has 0 saturated heterocycles. The number of phenolic OH excluding ortho intramolecular Hbond substituents is 1. The molecule has 0 spiro atoms. The molecule has 0 aliphatic carbocycles. The monoisotopic (exact) mass is 474 g/mol.